The zero-order valence-corrected chi connectivity index (χ0v) is 20.6. The van der Waals surface area contributed by atoms with Gasteiger partial charge in [-0.15, -0.1) is 0 Å². The lowest BCUT2D eigenvalue weighted by Gasteiger charge is -2.30. The van der Waals surface area contributed by atoms with E-state index in [9.17, 15) is 9.59 Å². The van der Waals surface area contributed by atoms with Crippen molar-refractivity contribution in [3.63, 3.8) is 0 Å². The zero-order chi connectivity index (χ0) is 22.8. The van der Waals surface area contributed by atoms with E-state index >= 15 is 0 Å². The van der Waals surface area contributed by atoms with Crippen molar-refractivity contribution in [1.29, 1.82) is 0 Å². The van der Waals surface area contributed by atoms with E-state index in [4.69, 9.17) is 23.2 Å². The first-order valence-electron chi connectivity index (χ1n) is 10.5. The molecule has 2 rings (SSSR count). The Morgan fingerprint density at radius 1 is 1.10 bits per heavy atom. The van der Waals surface area contributed by atoms with Crippen LogP contribution in [-0.2, 0) is 21.9 Å². The largest absolute Gasteiger partial charge is 0.352 e. The van der Waals surface area contributed by atoms with E-state index < -0.39 is 6.04 Å². The van der Waals surface area contributed by atoms with Crippen LogP contribution < -0.4 is 5.32 Å². The molecule has 0 heterocycles. The van der Waals surface area contributed by atoms with Crippen LogP contribution in [0, 0.1) is 0 Å². The Hall–Kier alpha value is -1.69. The number of nitrogens with one attached hydrogen (secondary N) is 1. The number of nitrogens with zero attached hydrogens (tertiary/aromatic N) is 1. The molecule has 31 heavy (non-hydrogen) atoms. The Labute approximate surface area is 199 Å². The summed E-state index contributed by atoms with van der Waals surface area (Å²) in [6, 6.07) is 14.8. The van der Waals surface area contributed by atoms with Gasteiger partial charge in [-0.05, 0) is 43.5 Å². The fraction of sp³-hybridized carbons (Fsp3) is 0.417. The first-order chi connectivity index (χ1) is 14.8. The molecule has 0 radical (unpaired) electrons. The fourth-order valence-corrected chi connectivity index (χ4v) is 4.31. The van der Waals surface area contributed by atoms with Crippen molar-refractivity contribution in [1.82, 2.24) is 10.2 Å². The SMILES string of the molecule is CC[C@@H](C)NC(=O)[C@@H](C)N(Cc1ccc(Cl)cc1Cl)C(=O)CCSCc1ccccc1. The fourth-order valence-electron chi connectivity index (χ4n) is 2.95. The third-order valence-electron chi connectivity index (χ3n) is 5.10. The second-order valence-corrected chi connectivity index (χ2v) is 9.49. The van der Waals surface area contributed by atoms with Crippen LogP contribution in [0.4, 0.5) is 0 Å². The van der Waals surface area contributed by atoms with Crippen molar-refractivity contribution < 1.29 is 9.59 Å². The molecule has 168 valence electrons. The Morgan fingerprint density at radius 2 is 1.81 bits per heavy atom. The first-order valence-corrected chi connectivity index (χ1v) is 12.4. The lowest BCUT2D eigenvalue weighted by molar-refractivity contribution is -0.140. The Morgan fingerprint density at radius 3 is 2.45 bits per heavy atom. The Kier molecular flexibility index (Phi) is 10.7. The van der Waals surface area contributed by atoms with Gasteiger partial charge in [0.25, 0.3) is 0 Å². The van der Waals surface area contributed by atoms with Gasteiger partial charge in [0.05, 0.1) is 0 Å². The van der Waals surface area contributed by atoms with Gasteiger partial charge < -0.3 is 10.2 Å². The second-order valence-electron chi connectivity index (χ2n) is 7.54. The van der Waals surface area contributed by atoms with Crippen LogP contribution in [0.25, 0.3) is 0 Å². The second kappa shape index (κ2) is 13.0. The van der Waals surface area contributed by atoms with E-state index in [-0.39, 0.29) is 24.4 Å². The minimum absolute atomic E-state index is 0.0486. The maximum atomic E-state index is 13.1. The van der Waals surface area contributed by atoms with Crippen molar-refractivity contribution in [3.8, 4) is 0 Å². The van der Waals surface area contributed by atoms with Crippen LogP contribution in [0.5, 0.6) is 0 Å². The predicted octanol–water partition coefficient (Wildman–Crippen LogP) is 5.95. The third-order valence-corrected chi connectivity index (χ3v) is 6.71. The van der Waals surface area contributed by atoms with Gasteiger partial charge >= 0.3 is 0 Å². The Bertz CT molecular complexity index is 864. The summed E-state index contributed by atoms with van der Waals surface area (Å²) in [5.41, 5.74) is 1.99. The predicted molar refractivity (Wildman–Crippen MR) is 132 cm³/mol. The van der Waals surface area contributed by atoms with Gasteiger partial charge in [-0.25, -0.2) is 0 Å². The van der Waals surface area contributed by atoms with Crippen molar-refractivity contribution in [2.75, 3.05) is 5.75 Å². The van der Waals surface area contributed by atoms with E-state index in [1.165, 1.54) is 5.56 Å². The van der Waals surface area contributed by atoms with Gasteiger partial charge in [0.15, 0.2) is 0 Å². The number of rotatable bonds is 11. The molecule has 0 aliphatic rings. The molecule has 0 saturated carbocycles. The van der Waals surface area contributed by atoms with E-state index in [1.807, 2.05) is 32.0 Å². The highest BCUT2D eigenvalue weighted by Crippen LogP contribution is 2.24. The molecule has 0 saturated heterocycles. The number of hydrogen-bond donors (Lipinski definition) is 1. The van der Waals surface area contributed by atoms with Crippen LogP contribution in [0.1, 0.15) is 44.7 Å². The molecule has 4 nitrogen and oxygen atoms in total. The van der Waals surface area contributed by atoms with Gasteiger partial charge in [-0.3, -0.25) is 9.59 Å². The standard InChI is InChI=1S/C24H30Cl2N2O2S/c1-4-17(2)27-24(30)18(3)28(15-20-10-11-21(25)14-22(20)26)23(29)12-13-31-16-19-8-6-5-7-9-19/h5-11,14,17-18H,4,12-13,15-16H2,1-3H3,(H,27,30)/t17-,18-/m1/s1. The summed E-state index contributed by atoms with van der Waals surface area (Å²) in [4.78, 5) is 27.4. The van der Waals surface area contributed by atoms with Crippen molar-refractivity contribution in [3.05, 3.63) is 69.7 Å². The molecule has 2 amide bonds. The van der Waals surface area contributed by atoms with Gasteiger partial charge in [-0.1, -0.05) is 66.5 Å². The van der Waals surface area contributed by atoms with E-state index in [0.29, 0.717) is 22.2 Å². The number of carbonyl (C=O) groups excluding carboxylic acids is 2. The molecule has 0 aliphatic heterocycles. The topological polar surface area (TPSA) is 49.4 Å². The number of hydrogen-bond acceptors (Lipinski definition) is 3. The van der Waals surface area contributed by atoms with Gasteiger partial charge in [0.2, 0.25) is 11.8 Å². The minimum Gasteiger partial charge on any atom is -0.352 e. The number of halogens is 2. The maximum Gasteiger partial charge on any atom is 0.242 e. The monoisotopic (exact) mass is 480 g/mol. The molecule has 0 aromatic heterocycles. The van der Waals surface area contributed by atoms with Crippen LogP contribution in [-0.4, -0.2) is 34.6 Å². The van der Waals surface area contributed by atoms with Crippen LogP contribution >= 0.6 is 35.0 Å². The van der Waals surface area contributed by atoms with Crippen LogP contribution in [0.3, 0.4) is 0 Å². The lowest BCUT2D eigenvalue weighted by atomic mass is 10.1. The quantitative estimate of drug-likeness (QED) is 0.404. The average Bonchev–Trinajstić information content (AvgIpc) is 2.76. The summed E-state index contributed by atoms with van der Waals surface area (Å²) in [6.07, 6.45) is 1.18. The average molecular weight is 481 g/mol. The lowest BCUT2D eigenvalue weighted by Crippen LogP contribution is -2.49. The Balaban J connectivity index is 2.05. The minimum atomic E-state index is -0.604. The molecule has 0 aliphatic carbocycles. The van der Waals surface area contributed by atoms with Gasteiger partial charge in [0, 0.05) is 40.6 Å². The molecule has 2 aromatic carbocycles. The molecular formula is C24H30Cl2N2O2S. The first kappa shape index (κ1) is 25.6. The third kappa shape index (κ3) is 8.40. The zero-order valence-electron chi connectivity index (χ0n) is 18.2. The normalized spacial score (nSPS) is 12.8. The number of amides is 2. The van der Waals surface area contributed by atoms with E-state index in [2.05, 4.69) is 17.4 Å². The maximum absolute atomic E-state index is 13.1. The molecule has 0 spiro atoms. The smallest absolute Gasteiger partial charge is 0.242 e. The molecule has 7 heteroatoms. The van der Waals surface area contributed by atoms with Gasteiger partial charge in [0.1, 0.15) is 6.04 Å². The summed E-state index contributed by atoms with van der Waals surface area (Å²) < 4.78 is 0. The summed E-state index contributed by atoms with van der Waals surface area (Å²) in [7, 11) is 0. The van der Waals surface area contributed by atoms with Crippen LogP contribution in [0.2, 0.25) is 10.0 Å². The van der Waals surface area contributed by atoms with E-state index in [1.54, 1.807) is 41.8 Å². The molecule has 0 fully saturated rings. The number of carbonyl (C=O) groups is 2. The number of benzene rings is 2. The molecule has 1 N–H and O–H groups in total. The van der Waals surface area contributed by atoms with Crippen molar-refractivity contribution in [2.45, 2.75) is 58.0 Å². The number of thioether (sulfide) groups is 1. The summed E-state index contributed by atoms with van der Waals surface area (Å²) in [5.74, 6) is 1.29. The molecular weight excluding hydrogens is 451 g/mol. The summed E-state index contributed by atoms with van der Waals surface area (Å²) in [5, 5.41) is 3.99. The molecule has 2 atom stereocenters. The molecule has 0 unspecified atom stereocenters. The van der Waals surface area contributed by atoms with Gasteiger partial charge in [-0.2, -0.15) is 11.8 Å². The molecule has 2 aromatic rings. The van der Waals surface area contributed by atoms with Crippen molar-refractivity contribution in [2.24, 2.45) is 0 Å². The van der Waals surface area contributed by atoms with E-state index in [0.717, 1.165) is 17.7 Å². The highest BCUT2D eigenvalue weighted by atomic mass is 35.5. The highest BCUT2D eigenvalue weighted by Gasteiger charge is 2.27. The van der Waals surface area contributed by atoms with Crippen LogP contribution in [0.15, 0.2) is 48.5 Å². The summed E-state index contributed by atoms with van der Waals surface area (Å²) >= 11 is 14.0. The molecule has 0 bridgehead atoms. The highest BCUT2D eigenvalue weighted by molar-refractivity contribution is 7.98. The summed E-state index contributed by atoms with van der Waals surface area (Å²) in [6.45, 7) is 5.98. The van der Waals surface area contributed by atoms with Crippen molar-refractivity contribution >= 4 is 46.8 Å².